The Morgan fingerprint density at radius 2 is 1.70 bits per heavy atom. The molecule has 4 aromatic rings. The number of aromatic nitrogens is 2. The van der Waals surface area contributed by atoms with Crippen molar-refractivity contribution in [1.29, 1.82) is 0 Å². The number of nitrogens with zero attached hydrogens (tertiary/aromatic N) is 2. The number of fused-ring (bicyclic) bond motifs is 1. The predicted octanol–water partition coefficient (Wildman–Crippen LogP) is 5.38. The van der Waals surface area contributed by atoms with E-state index in [1.54, 1.807) is 10.7 Å². The van der Waals surface area contributed by atoms with E-state index in [-0.39, 0.29) is 6.03 Å². The smallest absolute Gasteiger partial charge is 0.307 e. The van der Waals surface area contributed by atoms with E-state index in [9.17, 15) is 4.79 Å². The van der Waals surface area contributed by atoms with E-state index < -0.39 is 0 Å². The van der Waals surface area contributed by atoms with Gasteiger partial charge in [0.25, 0.3) is 0 Å². The number of carbonyl (C=O) groups excluding carboxylic acids is 1. The van der Waals surface area contributed by atoms with Gasteiger partial charge in [-0.3, -0.25) is 10.00 Å². The summed E-state index contributed by atoms with van der Waals surface area (Å²) in [6, 6.07) is 22.7. The van der Waals surface area contributed by atoms with Gasteiger partial charge in [-0.2, -0.15) is 5.10 Å². The van der Waals surface area contributed by atoms with Crippen molar-refractivity contribution in [2.45, 2.75) is 6.54 Å². The fraction of sp³-hybridized carbons (Fsp3) is 0.0476. The van der Waals surface area contributed by atoms with E-state index in [1.165, 1.54) is 0 Å². The first kappa shape index (κ1) is 17.1. The van der Waals surface area contributed by atoms with Crippen LogP contribution in [0.3, 0.4) is 0 Å². The number of anilines is 2. The van der Waals surface area contributed by atoms with Gasteiger partial charge >= 0.3 is 6.03 Å². The maximum absolute atomic E-state index is 12.3. The monoisotopic (exact) mass is 376 g/mol. The van der Waals surface area contributed by atoms with Crippen LogP contribution in [0.5, 0.6) is 0 Å². The van der Waals surface area contributed by atoms with Crippen LogP contribution in [0.4, 0.5) is 16.3 Å². The lowest BCUT2D eigenvalue weighted by Crippen LogP contribution is -2.20. The Bertz CT molecular complexity index is 1080. The number of amides is 2. The largest absolute Gasteiger partial charge is 0.324 e. The van der Waals surface area contributed by atoms with Crippen LogP contribution in [-0.2, 0) is 6.54 Å². The summed E-state index contributed by atoms with van der Waals surface area (Å²) >= 11 is 5.90. The first-order valence-electron chi connectivity index (χ1n) is 8.51. The molecule has 0 spiro atoms. The molecule has 0 atom stereocenters. The van der Waals surface area contributed by atoms with Gasteiger partial charge in [0.1, 0.15) is 0 Å². The summed E-state index contributed by atoms with van der Waals surface area (Å²) in [6.07, 6.45) is 1.82. The van der Waals surface area contributed by atoms with Gasteiger partial charge in [0.15, 0.2) is 5.82 Å². The minimum absolute atomic E-state index is 0.330. The molecular formula is C21H17ClN4O. The summed E-state index contributed by atoms with van der Waals surface area (Å²) < 4.78 is 1.76. The third-order valence-corrected chi connectivity index (χ3v) is 4.43. The van der Waals surface area contributed by atoms with Crippen LogP contribution >= 0.6 is 11.6 Å². The van der Waals surface area contributed by atoms with Crippen molar-refractivity contribution in [3.63, 3.8) is 0 Å². The molecule has 134 valence electrons. The average molecular weight is 377 g/mol. The number of hydrogen-bond acceptors (Lipinski definition) is 2. The molecule has 27 heavy (non-hydrogen) atoms. The molecular weight excluding hydrogens is 360 g/mol. The minimum Gasteiger partial charge on any atom is -0.307 e. The molecule has 0 radical (unpaired) electrons. The Hall–Kier alpha value is -3.31. The minimum atomic E-state index is -0.330. The Morgan fingerprint density at radius 1 is 0.926 bits per heavy atom. The van der Waals surface area contributed by atoms with Crippen LogP contribution in [0.1, 0.15) is 5.56 Å². The van der Waals surface area contributed by atoms with E-state index >= 15 is 0 Å². The maximum Gasteiger partial charge on any atom is 0.324 e. The SMILES string of the molecule is O=C(Nc1ccn(Cc2ccc(Cl)cc2)n1)Nc1cccc2ccccc12. The van der Waals surface area contributed by atoms with E-state index in [2.05, 4.69) is 15.7 Å². The highest BCUT2D eigenvalue weighted by molar-refractivity contribution is 6.30. The molecule has 2 amide bonds. The fourth-order valence-electron chi connectivity index (χ4n) is 2.90. The average Bonchev–Trinajstić information content (AvgIpc) is 3.10. The molecule has 0 bridgehead atoms. The summed E-state index contributed by atoms with van der Waals surface area (Å²) in [6.45, 7) is 0.601. The topological polar surface area (TPSA) is 59.0 Å². The van der Waals surface area contributed by atoms with Crippen LogP contribution in [0, 0.1) is 0 Å². The Balaban J connectivity index is 1.42. The summed E-state index contributed by atoms with van der Waals surface area (Å²) in [4.78, 5) is 12.3. The first-order valence-corrected chi connectivity index (χ1v) is 8.89. The Kier molecular flexibility index (Phi) is 4.77. The van der Waals surface area contributed by atoms with Crippen LogP contribution in [0.15, 0.2) is 79.0 Å². The predicted molar refractivity (Wildman–Crippen MR) is 109 cm³/mol. The van der Waals surface area contributed by atoms with Gasteiger partial charge in [0.2, 0.25) is 0 Å². The summed E-state index contributed by atoms with van der Waals surface area (Å²) in [5.74, 6) is 0.488. The van der Waals surface area contributed by atoms with Gasteiger partial charge in [-0.15, -0.1) is 0 Å². The van der Waals surface area contributed by atoms with Gasteiger partial charge in [0.05, 0.1) is 12.2 Å². The zero-order valence-electron chi connectivity index (χ0n) is 14.4. The van der Waals surface area contributed by atoms with Crippen LogP contribution in [0.25, 0.3) is 10.8 Å². The molecule has 1 heterocycles. The number of rotatable bonds is 4. The van der Waals surface area contributed by atoms with Gasteiger partial charge in [0, 0.05) is 22.7 Å². The molecule has 1 aromatic heterocycles. The van der Waals surface area contributed by atoms with Gasteiger partial charge < -0.3 is 5.32 Å². The van der Waals surface area contributed by atoms with Gasteiger partial charge in [-0.25, -0.2) is 4.79 Å². The molecule has 4 rings (SSSR count). The molecule has 0 aliphatic carbocycles. The lowest BCUT2D eigenvalue weighted by molar-refractivity contribution is 0.262. The summed E-state index contributed by atoms with van der Waals surface area (Å²) in [7, 11) is 0. The van der Waals surface area contributed by atoms with E-state index in [0.29, 0.717) is 17.4 Å². The number of carbonyl (C=O) groups is 1. The van der Waals surface area contributed by atoms with Crippen LogP contribution < -0.4 is 10.6 Å². The fourth-order valence-corrected chi connectivity index (χ4v) is 3.02. The third-order valence-electron chi connectivity index (χ3n) is 4.18. The molecule has 6 heteroatoms. The van der Waals surface area contributed by atoms with Crippen molar-refractivity contribution < 1.29 is 4.79 Å². The number of urea groups is 1. The molecule has 0 saturated carbocycles. The molecule has 0 fully saturated rings. The van der Waals surface area contributed by atoms with Crippen molar-refractivity contribution in [3.8, 4) is 0 Å². The molecule has 5 nitrogen and oxygen atoms in total. The molecule has 0 aliphatic rings. The summed E-state index contributed by atoms with van der Waals surface area (Å²) in [5, 5.41) is 12.8. The molecule has 0 unspecified atom stereocenters. The molecule has 2 N–H and O–H groups in total. The van der Waals surface area contributed by atoms with Crippen LogP contribution in [0.2, 0.25) is 5.02 Å². The number of benzene rings is 3. The Labute approximate surface area is 161 Å². The van der Waals surface area contributed by atoms with E-state index in [4.69, 9.17) is 11.6 Å². The maximum atomic E-state index is 12.3. The quantitative estimate of drug-likeness (QED) is 0.502. The number of nitrogens with one attached hydrogen (secondary N) is 2. The second-order valence-electron chi connectivity index (χ2n) is 6.13. The first-order chi connectivity index (χ1) is 13.2. The number of halogens is 1. The highest BCUT2D eigenvalue weighted by atomic mass is 35.5. The van der Waals surface area contributed by atoms with E-state index in [1.807, 2.05) is 72.9 Å². The summed E-state index contributed by atoms with van der Waals surface area (Å²) in [5.41, 5.74) is 1.83. The molecule has 0 saturated heterocycles. The molecule has 0 aliphatic heterocycles. The van der Waals surface area contributed by atoms with Crippen molar-refractivity contribution in [3.05, 3.63) is 89.6 Å². The highest BCUT2D eigenvalue weighted by Gasteiger charge is 2.08. The Morgan fingerprint density at radius 3 is 2.56 bits per heavy atom. The zero-order chi connectivity index (χ0) is 18.6. The van der Waals surface area contributed by atoms with Crippen molar-refractivity contribution in [1.82, 2.24) is 9.78 Å². The van der Waals surface area contributed by atoms with Crippen molar-refractivity contribution >= 4 is 39.9 Å². The third kappa shape index (κ3) is 4.10. The zero-order valence-corrected chi connectivity index (χ0v) is 15.1. The van der Waals surface area contributed by atoms with Gasteiger partial charge in [-0.05, 0) is 29.1 Å². The second-order valence-corrected chi connectivity index (χ2v) is 6.57. The molecule has 3 aromatic carbocycles. The number of hydrogen-bond donors (Lipinski definition) is 2. The second kappa shape index (κ2) is 7.51. The standard InChI is InChI=1S/C21H17ClN4O/c22-17-10-8-15(9-11-17)14-26-13-12-20(25-26)24-21(27)23-19-7-3-5-16-4-1-2-6-18(16)19/h1-13H,14H2,(H2,23,24,25,27). The lowest BCUT2D eigenvalue weighted by atomic mass is 10.1. The lowest BCUT2D eigenvalue weighted by Gasteiger charge is -2.09. The normalized spacial score (nSPS) is 10.7. The van der Waals surface area contributed by atoms with Crippen molar-refractivity contribution in [2.75, 3.05) is 10.6 Å². The van der Waals surface area contributed by atoms with Crippen molar-refractivity contribution in [2.24, 2.45) is 0 Å². The highest BCUT2D eigenvalue weighted by Crippen LogP contribution is 2.23. The van der Waals surface area contributed by atoms with E-state index in [0.717, 1.165) is 22.0 Å². The van der Waals surface area contributed by atoms with Crippen LogP contribution in [-0.4, -0.2) is 15.8 Å². The van der Waals surface area contributed by atoms with Gasteiger partial charge in [-0.1, -0.05) is 60.1 Å².